The van der Waals surface area contributed by atoms with Crippen LogP contribution in [0.5, 0.6) is 0 Å². The van der Waals surface area contributed by atoms with Gasteiger partial charge in [-0.1, -0.05) is 23.7 Å². The Kier molecular flexibility index (Phi) is 2.22. The van der Waals surface area contributed by atoms with Gasteiger partial charge in [-0.2, -0.15) is 0 Å². The summed E-state index contributed by atoms with van der Waals surface area (Å²) in [4.78, 5) is 0. The van der Waals surface area contributed by atoms with Crippen molar-refractivity contribution in [2.75, 3.05) is 5.73 Å². The minimum Gasteiger partial charge on any atom is -0.367 e. The summed E-state index contributed by atoms with van der Waals surface area (Å²) in [7, 11) is 0. The van der Waals surface area contributed by atoms with E-state index in [2.05, 4.69) is 5.16 Å². The van der Waals surface area contributed by atoms with Gasteiger partial charge in [0.15, 0.2) is 0 Å². The van der Waals surface area contributed by atoms with E-state index in [-0.39, 0.29) is 5.82 Å². The molecule has 2 atom stereocenters. The van der Waals surface area contributed by atoms with Gasteiger partial charge in [-0.05, 0) is 42.4 Å². The molecule has 0 saturated heterocycles. The Balaban J connectivity index is 1.78. The predicted octanol–water partition coefficient (Wildman–Crippen LogP) is 3.58. The third kappa shape index (κ3) is 1.59. The molecule has 2 saturated carbocycles. The molecule has 1 heterocycles. The van der Waals surface area contributed by atoms with Crippen LogP contribution < -0.4 is 5.73 Å². The Morgan fingerprint density at radius 1 is 1.26 bits per heavy atom. The number of halogens is 1. The highest BCUT2D eigenvalue weighted by atomic mass is 19.1. The lowest BCUT2D eigenvalue weighted by Crippen LogP contribution is -1.93. The van der Waals surface area contributed by atoms with Gasteiger partial charge in [0, 0.05) is 5.92 Å². The number of fused-ring (bicyclic) bond motifs is 1. The number of nitrogens with two attached hydrogens (primary N) is 1. The molecule has 0 bridgehead atoms. The molecule has 2 aliphatic carbocycles. The molecule has 1 aromatic carbocycles. The summed E-state index contributed by atoms with van der Waals surface area (Å²) in [6.07, 6.45) is 3.85. The summed E-state index contributed by atoms with van der Waals surface area (Å²) in [5, 5.41) is 4.14. The lowest BCUT2D eigenvalue weighted by molar-refractivity contribution is 0.424. The molecule has 4 heteroatoms. The van der Waals surface area contributed by atoms with Gasteiger partial charge in [-0.3, -0.25) is 0 Å². The van der Waals surface area contributed by atoms with Crippen molar-refractivity contribution < 1.29 is 8.91 Å². The van der Waals surface area contributed by atoms with E-state index in [1.807, 2.05) is 6.07 Å². The average molecular weight is 258 g/mol. The highest BCUT2D eigenvalue weighted by Crippen LogP contribution is 2.64. The number of anilines is 1. The van der Waals surface area contributed by atoms with E-state index >= 15 is 0 Å². The SMILES string of the molecule is Nc1onc(C2C3CCCC32)c1-c1cccc(F)c1. The zero-order valence-corrected chi connectivity index (χ0v) is 10.5. The minimum absolute atomic E-state index is 0.264. The van der Waals surface area contributed by atoms with Crippen LogP contribution in [0.2, 0.25) is 0 Å². The fraction of sp³-hybridized carbons (Fsp3) is 0.400. The Morgan fingerprint density at radius 3 is 2.79 bits per heavy atom. The van der Waals surface area contributed by atoms with Gasteiger partial charge < -0.3 is 10.3 Å². The van der Waals surface area contributed by atoms with E-state index in [0.29, 0.717) is 11.8 Å². The summed E-state index contributed by atoms with van der Waals surface area (Å²) >= 11 is 0. The molecule has 98 valence electrons. The van der Waals surface area contributed by atoms with E-state index in [4.69, 9.17) is 10.3 Å². The van der Waals surface area contributed by atoms with Crippen molar-refractivity contribution in [3.63, 3.8) is 0 Å². The van der Waals surface area contributed by atoms with Crippen molar-refractivity contribution in [1.29, 1.82) is 0 Å². The van der Waals surface area contributed by atoms with Gasteiger partial charge in [0.25, 0.3) is 0 Å². The molecule has 0 amide bonds. The molecular weight excluding hydrogens is 243 g/mol. The van der Waals surface area contributed by atoms with Gasteiger partial charge in [-0.25, -0.2) is 4.39 Å². The van der Waals surface area contributed by atoms with Crippen molar-refractivity contribution in [1.82, 2.24) is 5.16 Å². The van der Waals surface area contributed by atoms with Crippen LogP contribution in [-0.2, 0) is 0 Å². The van der Waals surface area contributed by atoms with Crippen LogP contribution in [0, 0.1) is 17.7 Å². The Bertz CT molecular complexity index is 627. The number of hydrogen-bond acceptors (Lipinski definition) is 3. The molecular formula is C15H15FN2O. The first-order valence-corrected chi connectivity index (χ1v) is 6.76. The molecule has 2 unspecified atom stereocenters. The maximum absolute atomic E-state index is 13.4. The molecule has 4 rings (SSSR count). The lowest BCUT2D eigenvalue weighted by Gasteiger charge is -2.04. The second kappa shape index (κ2) is 3.83. The van der Waals surface area contributed by atoms with Crippen LogP contribution in [0.15, 0.2) is 28.8 Å². The zero-order chi connectivity index (χ0) is 13.0. The van der Waals surface area contributed by atoms with Crippen LogP contribution in [0.3, 0.4) is 0 Å². The number of nitrogens with zero attached hydrogens (tertiary/aromatic N) is 1. The quantitative estimate of drug-likeness (QED) is 0.895. The fourth-order valence-electron chi connectivity index (χ4n) is 3.70. The topological polar surface area (TPSA) is 52.0 Å². The van der Waals surface area contributed by atoms with Crippen LogP contribution >= 0.6 is 0 Å². The first-order valence-electron chi connectivity index (χ1n) is 6.76. The van der Waals surface area contributed by atoms with Crippen LogP contribution in [0.1, 0.15) is 30.9 Å². The normalized spacial score (nSPS) is 28.4. The van der Waals surface area contributed by atoms with E-state index in [1.165, 1.54) is 31.4 Å². The molecule has 1 aromatic heterocycles. The van der Waals surface area contributed by atoms with E-state index in [0.717, 1.165) is 28.7 Å². The zero-order valence-electron chi connectivity index (χ0n) is 10.5. The fourth-order valence-corrected chi connectivity index (χ4v) is 3.70. The number of rotatable bonds is 2. The Morgan fingerprint density at radius 2 is 2.05 bits per heavy atom. The second-order valence-corrected chi connectivity index (χ2v) is 5.60. The van der Waals surface area contributed by atoms with Crippen LogP contribution in [-0.4, -0.2) is 5.16 Å². The largest absolute Gasteiger partial charge is 0.367 e. The molecule has 0 aliphatic heterocycles. The first kappa shape index (κ1) is 11.0. The highest BCUT2D eigenvalue weighted by Gasteiger charge is 2.55. The molecule has 2 fully saturated rings. The third-order valence-electron chi connectivity index (χ3n) is 4.58. The van der Waals surface area contributed by atoms with Crippen LogP contribution in [0.25, 0.3) is 11.1 Å². The average Bonchev–Trinajstić information content (AvgIpc) is 2.78. The van der Waals surface area contributed by atoms with Gasteiger partial charge in [0.1, 0.15) is 5.82 Å². The Hall–Kier alpha value is -1.84. The monoisotopic (exact) mass is 258 g/mol. The second-order valence-electron chi connectivity index (χ2n) is 5.60. The highest BCUT2D eigenvalue weighted by molar-refractivity contribution is 5.76. The predicted molar refractivity (Wildman–Crippen MR) is 69.9 cm³/mol. The van der Waals surface area contributed by atoms with Crippen molar-refractivity contribution in [2.24, 2.45) is 11.8 Å². The smallest absolute Gasteiger partial charge is 0.230 e. The van der Waals surface area contributed by atoms with Crippen molar-refractivity contribution in [2.45, 2.75) is 25.2 Å². The minimum atomic E-state index is -0.264. The number of nitrogen functional groups attached to an aromatic ring is 1. The van der Waals surface area contributed by atoms with E-state index in [9.17, 15) is 4.39 Å². The summed E-state index contributed by atoms with van der Waals surface area (Å²) in [5.74, 6) is 1.97. The third-order valence-corrected chi connectivity index (χ3v) is 4.58. The Labute approximate surface area is 110 Å². The standard InChI is InChI=1S/C15H15FN2O/c16-9-4-1-3-8(7-9)12-14(18-19-15(12)17)13-10-5-2-6-11(10)13/h1,3-4,7,10-11,13H,2,5-6,17H2. The summed E-state index contributed by atoms with van der Waals surface area (Å²) < 4.78 is 18.5. The summed E-state index contributed by atoms with van der Waals surface area (Å²) in [5.41, 5.74) is 8.37. The number of hydrogen-bond donors (Lipinski definition) is 1. The van der Waals surface area contributed by atoms with E-state index < -0.39 is 0 Å². The summed E-state index contributed by atoms with van der Waals surface area (Å²) in [6.45, 7) is 0. The molecule has 19 heavy (non-hydrogen) atoms. The van der Waals surface area contributed by atoms with Crippen LogP contribution in [0.4, 0.5) is 10.3 Å². The number of aromatic nitrogens is 1. The van der Waals surface area contributed by atoms with Crippen molar-refractivity contribution >= 4 is 5.88 Å². The molecule has 0 radical (unpaired) electrons. The molecule has 2 N–H and O–H groups in total. The maximum Gasteiger partial charge on any atom is 0.230 e. The van der Waals surface area contributed by atoms with Gasteiger partial charge in [0.2, 0.25) is 5.88 Å². The maximum atomic E-state index is 13.4. The number of benzene rings is 1. The van der Waals surface area contributed by atoms with Crippen molar-refractivity contribution in [3.05, 3.63) is 35.8 Å². The van der Waals surface area contributed by atoms with Gasteiger partial charge in [0.05, 0.1) is 11.3 Å². The molecule has 0 spiro atoms. The lowest BCUT2D eigenvalue weighted by atomic mass is 9.99. The van der Waals surface area contributed by atoms with Crippen molar-refractivity contribution in [3.8, 4) is 11.1 Å². The first-order chi connectivity index (χ1) is 9.25. The molecule has 2 aliphatic rings. The van der Waals surface area contributed by atoms with Gasteiger partial charge in [-0.15, -0.1) is 0 Å². The van der Waals surface area contributed by atoms with E-state index in [1.54, 1.807) is 6.07 Å². The summed E-state index contributed by atoms with van der Waals surface area (Å²) in [6, 6.07) is 6.46. The molecule has 2 aromatic rings. The van der Waals surface area contributed by atoms with Gasteiger partial charge >= 0.3 is 0 Å². The molecule has 3 nitrogen and oxygen atoms in total.